The normalized spacial score (nSPS) is 18.1. The van der Waals surface area contributed by atoms with E-state index in [1.54, 1.807) is 25.1 Å². The zero-order valence-corrected chi connectivity index (χ0v) is 15.3. The highest BCUT2D eigenvalue weighted by atomic mass is 32.2. The van der Waals surface area contributed by atoms with Gasteiger partial charge in [-0.15, -0.1) is 0 Å². The van der Waals surface area contributed by atoms with Gasteiger partial charge in [0.05, 0.1) is 13.7 Å². The third-order valence-corrected chi connectivity index (χ3v) is 7.15. The molecule has 1 aromatic rings. The summed E-state index contributed by atoms with van der Waals surface area (Å²) < 4.78 is 35.6. The zero-order chi connectivity index (χ0) is 17.8. The predicted molar refractivity (Wildman–Crippen MR) is 90.9 cm³/mol. The molecule has 0 spiro atoms. The Morgan fingerprint density at radius 1 is 1.21 bits per heavy atom. The SMILES string of the molecule is CCOC(=O)C1(S(=O)(=O)c2ccccc2OC)CCN(CC)CC1. The topological polar surface area (TPSA) is 72.9 Å². The number of carbonyl (C=O) groups is 1. The summed E-state index contributed by atoms with van der Waals surface area (Å²) in [7, 11) is -2.52. The molecule has 0 bridgehead atoms. The van der Waals surface area contributed by atoms with Crippen molar-refractivity contribution < 1.29 is 22.7 Å². The first-order valence-corrected chi connectivity index (χ1v) is 9.68. The minimum Gasteiger partial charge on any atom is -0.495 e. The van der Waals surface area contributed by atoms with Crippen molar-refractivity contribution in [1.82, 2.24) is 4.90 Å². The second-order valence-electron chi connectivity index (χ2n) is 5.80. The Hall–Kier alpha value is -1.60. The van der Waals surface area contributed by atoms with Crippen molar-refractivity contribution in [3.63, 3.8) is 0 Å². The van der Waals surface area contributed by atoms with Gasteiger partial charge in [-0.1, -0.05) is 19.1 Å². The Kier molecular flexibility index (Phi) is 5.87. The molecule has 0 aliphatic carbocycles. The number of piperidine rings is 1. The minimum atomic E-state index is -3.95. The molecule has 1 saturated heterocycles. The predicted octanol–water partition coefficient (Wildman–Crippen LogP) is 1.89. The Bertz CT molecular complexity index is 678. The van der Waals surface area contributed by atoms with Crippen LogP contribution in [-0.4, -0.2) is 57.4 Å². The molecule has 6 nitrogen and oxygen atoms in total. The molecule has 0 radical (unpaired) electrons. The lowest BCUT2D eigenvalue weighted by molar-refractivity contribution is -0.147. The smallest absolute Gasteiger partial charge is 0.327 e. The zero-order valence-electron chi connectivity index (χ0n) is 14.4. The van der Waals surface area contributed by atoms with E-state index in [-0.39, 0.29) is 30.1 Å². The average Bonchev–Trinajstić information content (AvgIpc) is 2.61. The summed E-state index contributed by atoms with van der Waals surface area (Å²) in [5, 5.41) is 0. The van der Waals surface area contributed by atoms with E-state index in [4.69, 9.17) is 9.47 Å². The van der Waals surface area contributed by atoms with Crippen LogP contribution in [0.4, 0.5) is 0 Å². The molecule has 1 heterocycles. The highest BCUT2D eigenvalue weighted by Gasteiger charge is 2.54. The van der Waals surface area contributed by atoms with Crippen LogP contribution in [0.5, 0.6) is 5.75 Å². The molecule has 0 unspecified atom stereocenters. The molecule has 1 aliphatic heterocycles. The number of nitrogens with zero attached hydrogens (tertiary/aromatic N) is 1. The number of benzene rings is 1. The van der Waals surface area contributed by atoms with Gasteiger partial charge >= 0.3 is 5.97 Å². The summed E-state index contributed by atoms with van der Waals surface area (Å²) in [4.78, 5) is 14.9. The highest BCUT2D eigenvalue weighted by Crippen LogP contribution is 2.39. The minimum absolute atomic E-state index is 0.0468. The number of rotatable bonds is 6. The Morgan fingerprint density at radius 3 is 2.38 bits per heavy atom. The van der Waals surface area contributed by atoms with Crippen molar-refractivity contribution in [2.45, 2.75) is 36.3 Å². The molecule has 1 aromatic carbocycles. The third-order valence-electron chi connectivity index (χ3n) is 4.63. The van der Waals surface area contributed by atoms with Gasteiger partial charge in [0, 0.05) is 13.1 Å². The van der Waals surface area contributed by atoms with Crippen LogP contribution in [0.2, 0.25) is 0 Å². The van der Waals surface area contributed by atoms with Crippen LogP contribution >= 0.6 is 0 Å². The number of ether oxygens (including phenoxy) is 2. The quantitative estimate of drug-likeness (QED) is 0.726. The molecule has 0 amide bonds. The maximum Gasteiger partial charge on any atom is 0.327 e. The second-order valence-corrected chi connectivity index (χ2v) is 8.03. The number of methoxy groups -OCH3 is 1. The number of esters is 1. The lowest BCUT2D eigenvalue weighted by Crippen LogP contribution is -2.55. The monoisotopic (exact) mass is 355 g/mol. The number of likely N-dealkylation sites (tertiary alicyclic amines) is 1. The van der Waals surface area contributed by atoms with Crippen molar-refractivity contribution in [1.29, 1.82) is 0 Å². The van der Waals surface area contributed by atoms with Gasteiger partial charge in [-0.05, 0) is 38.4 Å². The Morgan fingerprint density at radius 2 is 1.83 bits per heavy atom. The lowest BCUT2D eigenvalue weighted by atomic mass is 9.95. The van der Waals surface area contributed by atoms with Crippen molar-refractivity contribution >= 4 is 15.8 Å². The van der Waals surface area contributed by atoms with Crippen LogP contribution in [0.1, 0.15) is 26.7 Å². The van der Waals surface area contributed by atoms with Gasteiger partial charge in [-0.2, -0.15) is 0 Å². The summed E-state index contributed by atoms with van der Waals surface area (Å²) in [5.41, 5.74) is 0. The van der Waals surface area contributed by atoms with Gasteiger partial charge in [0.25, 0.3) is 0 Å². The molecule has 7 heteroatoms. The van der Waals surface area contributed by atoms with Crippen molar-refractivity contribution in [3.8, 4) is 5.75 Å². The number of sulfone groups is 1. The van der Waals surface area contributed by atoms with E-state index in [1.807, 2.05) is 6.92 Å². The molecule has 2 rings (SSSR count). The fourth-order valence-corrected chi connectivity index (χ4v) is 5.22. The maximum atomic E-state index is 13.4. The van der Waals surface area contributed by atoms with E-state index >= 15 is 0 Å². The Labute approximate surface area is 143 Å². The molecule has 0 aromatic heterocycles. The molecular weight excluding hydrogens is 330 g/mol. The maximum absolute atomic E-state index is 13.4. The third kappa shape index (κ3) is 3.15. The molecular formula is C17H25NO5S. The Balaban J connectivity index is 2.52. The fourth-order valence-electron chi connectivity index (χ4n) is 3.13. The van der Waals surface area contributed by atoms with E-state index in [9.17, 15) is 13.2 Å². The van der Waals surface area contributed by atoms with Gasteiger partial charge in [-0.3, -0.25) is 4.79 Å². The average molecular weight is 355 g/mol. The summed E-state index contributed by atoms with van der Waals surface area (Å²) >= 11 is 0. The lowest BCUT2D eigenvalue weighted by Gasteiger charge is -2.39. The molecule has 1 aliphatic rings. The number of hydrogen-bond acceptors (Lipinski definition) is 6. The van der Waals surface area contributed by atoms with E-state index < -0.39 is 20.6 Å². The van der Waals surface area contributed by atoms with Crippen LogP contribution in [-0.2, 0) is 19.4 Å². The van der Waals surface area contributed by atoms with Crippen molar-refractivity contribution in [2.24, 2.45) is 0 Å². The number of para-hydroxylation sites is 1. The number of hydrogen-bond donors (Lipinski definition) is 0. The van der Waals surface area contributed by atoms with E-state index in [1.165, 1.54) is 13.2 Å². The van der Waals surface area contributed by atoms with Crippen molar-refractivity contribution in [3.05, 3.63) is 24.3 Å². The summed E-state index contributed by atoms with van der Waals surface area (Å²) in [6, 6.07) is 6.41. The molecule has 134 valence electrons. The van der Waals surface area contributed by atoms with Gasteiger partial charge < -0.3 is 14.4 Å². The molecule has 0 saturated carbocycles. The molecule has 0 atom stereocenters. The van der Waals surface area contributed by atoms with Gasteiger partial charge in [0.15, 0.2) is 14.6 Å². The fraction of sp³-hybridized carbons (Fsp3) is 0.588. The van der Waals surface area contributed by atoms with Gasteiger partial charge in [0.2, 0.25) is 0 Å². The molecule has 1 fully saturated rings. The van der Waals surface area contributed by atoms with Crippen LogP contribution in [0.3, 0.4) is 0 Å². The molecule has 0 N–H and O–H groups in total. The first-order chi connectivity index (χ1) is 11.4. The number of carbonyl (C=O) groups excluding carboxylic acids is 1. The summed E-state index contributed by atoms with van der Waals surface area (Å²) in [6.45, 7) is 5.77. The van der Waals surface area contributed by atoms with Crippen LogP contribution in [0.15, 0.2) is 29.2 Å². The highest BCUT2D eigenvalue weighted by molar-refractivity contribution is 7.93. The van der Waals surface area contributed by atoms with Crippen LogP contribution in [0, 0.1) is 0 Å². The standard InChI is InChI=1S/C17H25NO5S/c1-4-18-12-10-17(11-13-18,16(19)23-5-2)24(20,21)15-9-7-6-8-14(15)22-3/h6-9H,4-5,10-13H2,1-3H3. The van der Waals surface area contributed by atoms with E-state index in [2.05, 4.69) is 4.90 Å². The van der Waals surface area contributed by atoms with Gasteiger partial charge in [-0.25, -0.2) is 8.42 Å². The van der Waals surface area contributed by atoms with Crippen LogP contribution in [0.25, 0.3) is 0 Å². The van der Waals surface area contributed by atoms with Gasteiger partial charge in [0.1, 0.15) is 10.6 Å². The molecule has 24 heavy (non-hydrogen) atoms. The second kappa shape index (κ2) is 7.53. The first kappa shape index (κ1) is 18.7. The largest absolute Gasteiger partial charge is 0.495 e. The first-order valence-electron chi connectivity index (χ1n) is 8.20. The summed E-state index contributed by atoms with van der Waals surface area (Å²) in [6.07, 6.45) is 0.445. The van der Waals surface area contributed by atoms with E-state index in [0.717, 1.165) is 6.54 Å². The summed E-state index contributed by atoms with van der Waals surface area (Å²) in [5.74, 6) is -0.411. The van der Waals surface area contributed by atoms with E-state index in [0.29, 0.717) is 13.1 Å². The van der Waals surface area contributed by atoms with Crippen molar-refractivity contribution in [2.75, 3.05) is 33.4 Å². The van der Waals surface area contributed by atoms with Crippen LogP contribution < -0.4 is 4.74 Å².